The van der Waals surface area contributed by atoms with Gasteiger partial charge in [0.25, 0.3) is 5.97 Å². The van der Waals surface area contributed by atoms with Crippen LogP contribution in [0.25, 0.3) is 6.08 Å². The van der Waals surface area contributed by atoms with Gasteiger partial charge in [0.1, 0.15) is 0 Å². The van der Waals surface area contributed by atoms with Crippen molar-refractivity contribution in [2.45, 2.75) is 39.5 Å². The van der Waals surface area contributed by atoms with Crippen molar-refractivity contribution in [1.82, 2.24) is 0 Å². The van der Waals surface area contributed by atoms with Crippen molar-refractivity contribution < 1.29 is 14.7 Å². The minimum atomic E-state index is -0.833. The predicted octanol–water partition coefficient (Wildman–Crippen LogP) is 3.61. The molecule has 0 saturated heterocycles. The quantitative estimate of drug-likeness (QED) is 0.785. The molecule has 0 spiro atoms. The lowest BCUT2D eigenvalue weighted by Crippen LogP contribution is -2.07. The van der Waals surface area contributed by atoms with Crippen molar-refractivity contribution in [1.29, 1.82) is 0 Å². The Balaban J connectivity index is 0.000000399. The van der Waals surface area contributed by atoms with Gasteiger partial charge in [0, 0.05) is 13.3 Å². The van der Waals surface area contributed by atoms with Gasteiger partial charge in [-0.2, -0.15) is 0 Å². The van der Waals surface area contributed by atoms with E-state index in [1.165, 1.54) is 5.56 Å². The second-order valence-electron chi connectivity index (χ2n) is 4.73. The van der Waals surface area contributed by atoms with E-state index in [4.69, 9.17) is 9.90 Å². The first-order valence-corrected chi connectivity index (χ1v) is 6.49. The number of carbonyl (C=O) groups excluding carboxylic acids is 1. The number of carbonyl (C=O) groups is 2. The molecule has 2 rings (SSSR count). The van der Waals surface area contributed by atoms with Crippen molar-refractivity contribution in [2.24, 2.45) is 0 Å². The zero-order chi connectivity index (χ0) is 14.3. The van der Waals surface area contributed by atoms with Crippen molar-refractivity contribution >= 4 is 17.8 Å². The standard InChI is InChI=1S/C14H16O.C2H4O2/c1-11-6-8-12(9-7-11)10-13-4-2-3-5-14(13)15;1-2(3)4/h6-10H,2-5H2,1H3;1H3,(H,3,4)/b13-10-;. The maximum absolute atomic E-state index is 11.6. The summed E-state index contributed by atoms with van der Waals surface area (Å²) in [5, 5.41) is 7.42. The topological polar surface area (TPSA) is 54.4 Å². The van der Waals surface area contributed by atoms with E-state index in [-0.39, 0.29) is 0 Å². The molecule has 1 fully saturated rings. The molecule has 0 aliphatic heterocycles. The Bertz CT molecular complexity index is 465. The minimum absolute atomic E-state index is 0.335. The summed E-state index contributed by atoms with van der Waals surface area (Å²) in [7, 11) is 0. The van der Waals surface area contributed by atoms with Gasteiger partial charge in [-0.1, -0.05) is 29.8 Å². The molecule has 3 heteroatoms. The Kier molecular flexibility index (Phi) is 6.00. The first-order chi connectivity index (χ1) is 8.99. The normalized spacial score (nSPS) is 16.7. The summed E-state index contributed by atoms with van der Waals surface area (Å²) in [5.74, 6) is -0.498. The van der Waals surface area contributed by atoms with Crippen LogP contribution in [-0.4, -0.2) is 16.9 Å². The molecule has 1 aliphatic carbocycles. The van der Waals surface area contributed by atoms with Crippen LogP contribution >= 0.6 is 0 Å². The van der Waals surface area contributed by atoms with E-state index in [1.807, 2.05) is 6.08 Å². The number of carboxylic acids is 1. The molecule has 0 atom stereocenters. The SMILES string of the molecule is CC(=O)O.Cc1ccc(/C=C2/CCCCC2=O)cc1. The number of aliphatic carboxylic acids is 1. The highest BCUT2D eigenvalue weighted by atomic mass is 16.4. The van der Waals surface area contributed by atoms with Gasteiger partial charge in [-0.15, -0.1) is 0 Å². The molecule has 1 aromatic rings. The number of ketones is 1. The van der Waals surface area contributed by atoms with Gasteiger partial charge in [0.05, 0.1) is 0 Å². The summed E-state index contributed by atoms with van der Waals surface area (Å²) in [6.45, 7) is 3.16. The lowest BCUT2D eigenvalue weighted by molar-refractivity contribution is -0.134. The van der Waals surface area contributed by atoms with E-state index >= 15 is 0 Å². The molecule has 0 radical (unpaired) electrons. The van der Waals surface area contributed by atoms with Crippen molar-refractivity contribution in [3.63, 3.8) is 0 Å². The summed E-state index contributed by atoms with van der Waals surface area (Å²) in [6, 6.07) is 8.31. The highest BCUT2D eigenvalue weighted by Crippen LogP contribution is 2.22. The van der Waals surface area contributed by atoms with Crippen LogP contribution in [0.2, 0.25) is 0 Å². The number of benzene rings is 1. The molecule has 0 bridgehead atoms. The Morgan fingerprint density at radius 2 is 1.68 bits per heavy atom. The zero-order valence-electron chi connectivity index (χ0n) is 11.5. The second kappa shape index (κ2) is 7.52. The first-order valence-electron chi connectivity index (χ1n) is 6.49. The Morgan fingerprint density at radius 3 is 2.21 bits per heavy atom. The van der Waals surface area contributed by atoms with Crippen LogP contribution in [0.5, 0.6) is 0 Å². The van der Waals surface area contributed by atoms with Gasteiger partial charge < -0.3 is 5.11 Å². The zero-order valence-corrected chi connectivity index (χ0v) is 11.5. The van der Waals surface area contributed by atoms with Crippen LogP contribution in [0.1, 0.15) is 43.7 Å². The molecule has 0 heterocycles. The van der Waals surface area contributed by atoms with Gasteiger partial charge in [-0.25, -0.2) is 0 Å². The number of carboxylic acid groups (broad SMARTS) is 1. The van der Waals surface area contributed by atoms with Crippen LogP contribution in [0.4, 0.5) is 0 Å². The summed E-state index contributed by atoms with van der Waals surface area (Å²) in [5.41, 5.74) is 3.41. The van der Waals surface area contributed by atoms with Crippen molar-refractivity contribution in [3.05, 3.63) is 41.0 Å². The molecule has 1 N–H and O–H groups in total. The van der Waals surface area contributed by atoms with Gasteiger partial charge in [-0.05, 0) is 43.4 Å². The number of hydrogen-bond donors (Lipinski definition) is 1. The molecule has 1 aliphatic rings. The molecule has 102 valence electrons. The molecule has 0 aromatic heterocycles. The molecule has 1 aromatic carbocycles. The number of rotatable bonds is 1. The Hall–Kier alpha value is -1.90. The van der Waals surface area contributed by atoms with Gasteiger partial charge in [0.2, 0.25) is 0 Å². The molecule has 0 amide bonds. The fourth-order valence-corrected chi connectivity index (χ4v) is 1.92. The van der Waals surface area contributed by atoms with E-state index < -0.39 is 5.97 Å². The van der Waals surface area contributed by atoms with Crippen LogP contribution in [0.15, 0.2) is 29.8 Å². The van der Waals surface area contributed by atoms with Crippen LogP contribution < -0.4 is 0 Å². The molecular weight excluding hydrogens is 240 g/mol. The first kappa shape index (κ1) is 15.2. The average molecular weight is 260 g/mol. The predicted molar refractivity (Wildman–Crippen MR) is 75.9 cm³/mol. The Labute approximate surface area is 114 Å². The number of Topliss-reactive ketones (excluding diaryl/α,β-unsaturated/α-hetero) is 1. The lowest BCUT2D eigenvalue weighted by Gasteiger charge is -2.12. The van der Waals surface area contributed by atoms with Crippen LogP contribution in [-0.2, 0) is 9.59 Å². The van der Waals surface area contributed by atoms with E-state index in [2.05, 4.69) is 31.2 Å². The van der Waals surface area contributed by atoms with Gasteiger partial charge in [0.15, 0.2) is 5.78 Å². The van der Waals surface area contributed by atoms with E-state index in [1.54, 1.807) is 0 Å². The van der Waals surface area contributed by atoms with Gasteiger partial charge in [-0.3, -0.25) is 9.59 Å². The maximum atomic E-state index is 11.6. The van der Waals surface area contributed by atoms with E-state index in [0.717, 1.165) is 43.7 Å². The fraction of sp³-hybridized carbons (Fsp3) is 0.375. The summed E-state index contributed by atoms with van der Waals surface area (Å²) >= 11 is 0. The Morgan fingerprint density at radius 1 is 1.16 bits per heavy atom. The molecule has 19 heavy (non-hydrogen) atoms. The minimum Gasteiger partial charge on any atom is -0.481 e. The monoisotopic (exact) mass is 260 g/mol. The van der Waals surface area contributed by atoms with E-state index in [9.17, 15) is 4.79 Å². The summed E-state index contributed by atoms with van der Waals surface area (Å²) < 4.78 is 0. The number of allylic oxidation sites excluding steroid dienone is 1. The van der Waals surface area contributed by atoms with Crippen molar-refractivity contribution in [3.8, 4) is 0 Å². The molecule has 1 saturated carbocycles. The van der Waals surface area contributed by atoms with Crippen LogP contribution in [0, 0.1) is 6.92 Å². The number of aryl methyl sites for hydroxylation is 1. The fourth-order valence-electron chi connectivity index (χ4n) is 1.92. The third-order valence-electron chi connectivity index (χ3n) is 2.88. The summed E-state index contributed by atoms with van der Waals surface area (Å²) in [4.78, 5) is 20.6. The van der Waals surface area contributed by atoms with Crippen molar-refractivity contribution in [2.75, 3.05) is 0 Å². The summed E-state index contributed by atoms with van der Waals surface area (Å²) in [6.07, 6.45) is 5.94. The number of hydrogen-bond acceptors (Lipinski definition) is 2. The molecule has 0 unspecified atom stereocenters. The highest BCUT2D eigenvalue weighted by Gasteiger charge is 2.14. The third-order valence-corrected chi connectivity index (χ3v) is 2.88. The molecule has 3 nitrogen and oxygen atoms in total. The second-order valence-corrected chi connectivity index (χ2v) is 4.73. The average Bonchev–Trinajstić information content (AvgIpc) is 2.34. The van der Waals surface area contributed by atoms with Crippen LogP contribution in [0.3, 0.4) is 0 Å². The largest absolute Gasteiger partial charge is 0.481 e. The smallest absolute Gasteiger partial charge is 0.300 e. The van der Waals surface area contributed by atoms with E-state index in [0.29, 0.717) is 5.78 Å². The third kappa shape index (κ3) is 6.00. The highest BCUT2D eigenvalue weighted by molar-refractivity contribution is 6.00. The maximum Gasteiger partial charge on any atom is 0.300 e. The van der Waals surface area contributed by atoms with Gasteiger partial charge >= 0.3 is 0 Å². The lowest BCUT2D eigenvalue weighted by atomic mass is 9.92. The molecular formula is C16H20O3.